The Hall–Kier alpha value is -2.42. The van der Waals surface area contributed by atoms with E-state index in [2.05, 4.69) is 53.5 Å². The molecule has 2 N–H and O–H groups in total. The summed E-state index contributed by atoms with van der Waals surface area (Å²) in [6.07, 6.45) is 1.52. The molecular weight excluding hydrogens is 406 g/mol. The van der Waals surface area contributed by atoms with Gasteiger partial charge in [-0.15, -0.1) is 11.3 Å². The lowest BCUT2D eigenvalue weighted by molar-refractivity contribution is 0.173. The van der Waals surface area contributed by atoms with Gasteiger partial charge in [0.25, 0.3) is 0 Å². The van der Waals surface area contributed by atoms with Crippen molar-refractivity contribution in [3.63, 3.8) is 0 Å². The Morgan fingerprint density at radius 1 is 1.24 bits per heavy atom. The molecule has 4 rings (SSSR count). The minimum atomic E-state index is 0.711. The zero-order chi connectivity index (χ0) is 20.1. The molecule has 3 aromatic rings. The summed E-state index contributed by atoms with van der Waals surface area (Å²) in [4.78, 5) is 14.8. The number of H-pyrrole nitrogens is 1. The van der Waals surface area contributed by atoms with Crippen molar-refractivity contribution in [2.75, 3.05) is 33.2 Å². The molecule has 2 aromatic heterocycles. The van der Waals surface area contributed by atoms with E-state index in [4.69, 9.17) is 11.6 Å². The maximum atomic E-state index is 6.05. The average molecular weight is 430 g/mol. The fourth-order valence-corrected chi connectivity index (χ4v) is 4.59. The molecule has 7 nitrogen and oxygen atoms in total. The number of hydrogen-bond donors (Lipinski definition) is 2. The molecule has 1 fully saturated rings. The van der Waals surface area contributed by atoms with Gasteiger partial charge < -0.3 is 10.2 Å². The number of nitrogens with one attached hydrogen (secondary N) is 2. The second kappa shape index (κ2) is 9.39. The average Bonchev–Trinajstić information content (AvgIpc) is 3.42. The summed E-state index contributed by atoms with van der Waals surface area (Å²) in [5.74, 6) is 1.72. The molecule has 1 aliphatic rings. The van der Waals surface area contributed by atoms with Gasteiger partial charge in [0, 0.05) is 56.8 Å². The van der Waals surface area contributed by atoms with Gasteiger partial charge in [-0.1, -0.05) is 29.8 Å². The van der Waals surface area contributed by atoms with Gasteiger partial charge in [-0.3, -0.25) is 15.0 Å². The van der Waals surface area contributed by atoms with Gasteiger partial charge in [0.1, 0.15) is 6.33 Å². The maximum Gasteiger partial charge on any atom is 0.194 e. The van der Waals surface area contributed by atoms with E-state index in [1.54, 1.807) is 11.3 Å². The third kappa shape index (κ3) is 5.14. The largest absolute Gasteiger partial charge is 0.352 e. The molecule has 0 saturated carbocycles. The number of halogens is 1. The molecular formula is C20H24ClN7S. The van der Waals surface area contributed by atoms with E-state index in [9.17, 15) is 0 Å². The van der Waals surface area contributed by atoms with Gasteiger partial charge in [-0.05, 0) is 23.8 Å². The highest BCUT2D eigenvalue weighted by Crippen LogP contribution is 2.23. The molecule has 9 heteroatoms. The molecule has 152 valence electrons. The van der Waals surface area contributed by atoms with Crippen LogP contribution >= 0.6 is 22.9 Å². The Kier molecular flexibility index (Phi) is 6.43. The second-order valence-electron chi connectivity index (χ2n) is 6.90. The number of piperazine rings is 1. The summed E-state index contributed by atoms with van der Waals surface area (Å²) in [5.41, 5.74) is 2.20. The van der Waals surface area contributed by atoms with Crippen LogP contribution in [0.4, 0.5) is 0 Å². The number of aromatic amines is 1. The Balaban J connectivity index is 1.29. The molecule has 0 amide bonds. The van der Waals surface area contributed by atoms with Crippen molar-refractivity contribution in [1.29, 1.82) is 0 Å². The Morgan fingerprint density at radius 2 is 2.10 bits per heavy atom. The highest BCUT2D eigenvalue weighted by Gasteiger charge is 2.20. The molecule has 1 saturated heterocycles. The monoisotopic (exact) mass is 429 g/mol. The van der Waals surface area contributed by atoms with Crippen LogP contribution in [0.1, 0.15) is 10.4 Å². The lowest BCUT2D eigenvalue weighted by Gasteiger charge is -2.36. The van der Waals surface area contributed by atoms with Crippen molar-refractivity contribution in [3.8, 4) is 11.4 Å². The van der Waals surface area contributed by atoms with Crippen molar-refractivity contribution in [2.24, 2.45) is 4.99 Å². The van der Waals surface area contributed by atoms with Crippen LogP contribution < -0.4 is 5.32 Å². The van der Waals surface area contributed by atoms with Crippen molar-refractivity contribution in [2.45, 2.75) is 13.1 Å². The van der Waals surface area contributed by atoms with Crippen LogP contribution in [0.5, 0.6) is 0 Å². The summed E-state index contributed by atoms with van der Waals surface area (Å²) < 4.78 is 0.857. The molecule has 0 spiro atoms. The highest BCUT2D eigenvalue weighted by molar-refractivity contribution is 7.16. The van der Waals surface area contributed by atoms with Crippen LogP contribution in [0.25, 0.3) is 11.4 Å². The van der Waals surface area contributed by atoms with Gasteiger partial charge in [0.15, 0.2) is 11.8 Å². The van der Waals surface area contributed by atoms with E-state index in [1.165, 1.54) is 16.8 Å². The quantitative estimate of drug-likeness (QED) is 0.481. The SMILES string of the molecule is CN=C(NCc1cccc(-c2ncn[nH]2)c1)N1CCN(Cc2ccc(Cl)s2)CC1. The number of aromatic nitrogens is 3. The van der Waals surface area contributed by atoms with Crippen molar-refractivity contribution < 1.29 is 0 Å². The summed E-state index contributed by atoms with van der Waals surface area (Å²) >= 11 is 7.71. The molecule has 3 heterocycles. The van der Waals surface area contributed by atoms with E-state index in [0.717, 1.165) is 54.4 Å². The highest BCUT2D eigenvalue weighted by atomic mass is 35.5. The van der Waals surface area contributed by atoms with Crippen LogP contribution in [-0.4, -0.2) is 64.2 Å². The number of guanidine groups is 1. The zero-order valence-corrected chi connectivity index (χ0v) is 17.9. The van der Waals surface area contributed by atoms with Gasteiger partial charge >= 0.3 is 0 Å². The van der Waals surface area contributed by atoms with Crippen LogP contribution in [0.2, 0.25) is 4.34 Å². The first-order valence-corrected chi connectivity index (χ1v) is 10.8. The normalized spacial score (nSPS) is 15.7. The maximum absolute atomic E-state index is 6.05. The van der Waals surface area contributed by atoms with Gasteiger partial charge in [-0.25, -0.2) is 4.98 Å². The molecule has 0 bridgehead atoms. The van der Waals surface area contributed by atoms with E-state index < -0.39 is 0 Å². The summed E-state index contributed by atoms with van der Waals surface area (Å²) in [7, 11) is 1.84. The second-order valence-corrected chi connectivity index (χ2v) is 8.70. The first-order valence-electron chi connectivity index (χ1n) is 9.58. The summed E-state index contributed by atoms with van der Waals surface area (Å²) in [5, 5.41) is 10.3. The van der Waals surface area contributed by atoms with Gasteiger partial charge in [0.05, 0.1) is 4.34 Å². The van der Waals surface area contributed by atoms with E-state index in [-0.39, 0.29) is 0 Å². The van der Waals surface area contributed by atoms with Crippen LogP contribution in [0.15, 0.2) is 47.7 Å². The minimum absolute atomic E-state index is 0.711. The predicted octanol–water partition coefficient (Wildman–Crippen LogP) is 3.08. The number of thiophene rings is 1. The smallest absolute Gasteiger partial charge is 0.194 e. The summed E-state index contributed by atoms with van der Waals surface area (Å²) in [6.45, 7) is 5.61. The molecule has 0 atom stereocenters. The Labute approximate surface area is 179 Å². The number of rotatable bonds is 5. The third-order valence-electron chi connectivity index (χ3n) is 4.96. The zero-order valence-electron chi connectivity index (χ0n) is 16.3. The van der Waals surface area contributed by atoms with Crippen LogP contribution in [0, 0.1) is 0 Å². The van der Waals surface area contributed by atoms with E-state index in [1.807, 2.05) is 25.2 Å². The fourth-order valence-electron chi connectivity index (χ4n) is 3.46. The number of benzene rings is 1. The van der Waals surface area contributed by atoms with Crippen molar-refractivity contribution >= 4 is 28.9 Å². The number of nitrogens with zero attached hydrogens (tertiary/aromatic N) is 5. The van der Waals surface area contributed by atoms with E-state index >= 15 is 0 Å². The molecule has 0 aliphatic carbocycles. The standard InChI is InChI=1S/C20H24ClN7S/c1-22-20(23-12-15-3-2-4-16(11-15)19-24-14-25-26-19)28-9-7-27(8-10-28)13-17-5-6-18(21)29-17/h2-6,11,14H,7-10,12-13H2,1H3,(H,22,23)(H,24,25,26). The van der Waals surface area contributed by atoms with Crippen molar-refractivity contribution in [3.05, 3.63) is 57.5 Å². The molecule has 0 radical (unpaired) electrons. The fraction of sp³-hybridized carbons (Fsp3) is 0.350. The third-order valence-corrected chi connectivity index (χ3v) is 6.17. The lowest BCUT2D eigenvalue weighted by atomic mass is 10.1. The van der Waals surface area contributed by atoms with Crippen LogP contribution in [0.3, 0.4) is 0 Å². The molecule has 1 aliphatic heterocycles. The minimum Gasteiger partial charge on any atom is -0.352 e. The molecule has 0 unspecified atom stereocenters. The molecule has 1 aromatic carbocycles. The van der Waals surface area contributed by atoms with Crippen LogP contribution in [-0.2, 0) is 13.1 Å². The van der Waals surface area contributed by atoms with Gasteiger partial charge in [-0.2, -0.15) is 5.10 Å². The van der Waals surface area contributed by atoms with E-state index in [0.29, 0.717) is 6.54 Å². The summed E-state index contributed by atoms with van der Waals surface area (Å²) in [6, 6.07) is 12.4. The number of hydrogen-bond acceptors (Lipinski definition) is 5. The Bertz CT molecular complexity index is 945. The molecule has 29 heavy (non-hydrogen) atoms. The Morgan fingerprint density at radius 3 is 2.79 bits per heavy atom. The topological polar surface area (TPSA) is 72.4 Å². The first-order chi connectivity index (χ1) is 14.2. The lowest BCUT2D eigenvalue weighted by Crippen LogP contribution is -2.51. The number of aliphatic imine (C=N–C) groups is 1. The van der Waals surface area contributed by atoms with Gasteiger partial charge in [0.2, 0.25) is 0 Å². The first kappa shape index (κ1) is 19.9. The predicted molar refractivity (Wildman–Crippen MR) is 118 cm³/mol. The van der Waals surface area contributed by atoms with Crippen molar-refractivity contribution in [1.82, 2.24) is 30.3 Å².